The molecule has 122 valence electrons. The Bertz CT molecular complexity index is 664. The third kappa shape index (κ3) is 5.05. The Hall–Kier alpha value is -0.430. The largest absolute Gasteiger partial charge is 0.351 e. The molecule has 0 bridgehead atoms. The fraction of sp³-hybridized carbons (Fsp3) is 0.500. The normalized spacial score (nSPS) is 21.5. The fourth-order valence-corrected chi connectivity index (χ4v) is 4.99. The Morgan fingerprint density at radius 1 is 1.41 bits per heavy atom. The standard InChI is InChI=1S/C14H17Cl2NO3S2/c1-9(14(18)17-11-4-5-22(19,20)8-11)21-7-10-2-3-12(15)13(16)6-10/h2-3,6,9,11H,4-5,7-8H2,1H3,(H,17,18)/t9-,11-/m1/s1. The summed E-state index contributed by atoms with van der Waals surface area (Å²) >= 11 is 13.3. The maximum absolute atomic E-state index is 12.1. The van der Waals surface area contributed by atoms with Crippen LogP contribution in [-0.2, 0) is 20.4 Å². The molecule has 4 nitrogen and oxygen atoms in total. The summed E-state index contributed by atoms with van der Waals surface area (Å²) in [7, 11) is -2.98. The second kappa shape index (κ2) is 7.43. The zero-order valence-corrected chi connectivity index (χ0v) is 15.2. The van der Waals surface area contributed by atoms with E-state index < -0.39 is 9.84 Å². The van der Waals surface area contributed by atoms with Gasteiger partial charge < -0.3 is 5.32 Å². The molecule has 2 atom stereocenters. The summed E-state index contributed by atoms with van der Waals surface area (Å²) in [6.07, 6.45) is 0.498. The number of nitrogens with one attached hydrogen (secondary N) is 1. The smallest absolute Gasteiger partial charge is 0.233 e. The molecule has 0 unspecified atom stereocenters. The van der Waals surface area contributed by atoms with Crippen molar-refractivity contribution in [2.24, 2.45) is 0 Å². The summed E-state index contributed by atoms with van der Waals surface area (Å²) in [4.78, 5) is 12.1. The van der Waals surface area contributed by atoms with Crippen LogP contribution in [-0.4, -0.2) is 37.1 Å². The first-order valence-corrected chi connectivity index (χ1v) is 10.5. The lowest BCUT2D eigenvalue weighted by atomic mass is 10.2. The first kappa shape index (κ1) is 17.9. The van der Waals surface area contributed by atoms with E-state index in [1.807, 2.05) is 6.07 Å². The molecule has 1 aromatic rings. The lowest BCUT2D eigenvalue weighted by Crippen LogP contribution is -2.40. The van der Waals surface area contributed by atoms with Crippen molar-refractivity contribution in [3.8, 4) is 0 Å². The second-order valence-corrected chi connectivity index (χ2v) is 9.68. The van der Waals surface area contributed by atoms with Crippen molar-refractivity contribution >= 4 is 50.7 Å². The van der Waals surface area contributed by atoms with Gasteiger partial charge in [-0.25, -0.2) is 8.42 Å². The third-order valence-corrected chi connectivity index (χ3v) is 7.15. The number of hydrogen-bond donors (Lipinski definition) is 1. The van der Waals surface area contributed by atoms with Gasteiger partial charge in [0.1, 0.15) is 0 Å². The van der Waals surface area contributed by atoms with Crippen LogP contribution in [0.5, 0.6) is 0 Å². The van der Waals surface area contributed by atoms with Gasteiger partial charge in [-0.3, -0.25) is 4.79 Å². The van der Waals surface area contributed by atoms with Crippen LogP contribution in [0.2, 0.25) is 10.0 Å². The van der Waals surface area contributed by atoms with Crippen LogP contribution >= 0.6 is 35.0 Å². The number of carbonyl (C=O) groups is 1. The molecule has 0 spiro atoms. The first-order chi connectivity index (χ1) is 10.3. The summed E-state index contributed by atoms with van der Waals surface area (Å²) in [5.41, 5.74) is 0.988. The van der Waals surface area contributed by atoms with E-state index in [4.69, 9.17) is 23.2 Å². The highest BCUT2D eigenvalue weighted by molar-refractivity contribution is 7.99. The predicted molar refractivity (Wildman–Crippen MR) is 92.4 cm³/mol. The molecule has 22 heavy (non-hydrogen) atoms. The van der Waals surface area contributed by atoms with Crippen molar-refractivity contribution in [1.29, 1.82) is 0 Å². The summed E-state index contributed by atoms with van der Waals surface area (Å²) in [5.74, 6) is 0.701. The lowest BCUT2D eigenvalue weighted by Gasteiger charge is -2.15. The average molecular weight is 382 g/mol. The Morgan fingerprint density at radius 2 is 2.14 bits per heavy atom. The number of sulfone groups is 1. The molecule has 2 rings (SSSR count). The SMILES string of the molecule is C[C@@H](SCc1ccc(Cl)c(Cl)c1)C(=O)N[C@@H]1CCS(=O)(=O)C1. The van der Waals surface area contributed by atoms with Gasteiger partial charge in [-0.2, -0.15) is 0 Å². The average Bonchev–Trinajstić information content (AvgIpc) is 2.78. The third-order valence-electron chi connectivity index (χ3n) is 3.43. The molecule has 1 aliphatic rings. The van der Waals surface area contributed by atoms with E-state index in [9.17, 15) is 13.2 Å². The van der Waals surface area contributed by atoms with Crippen LogP contribution in [0.3, 0.4) is 0 Å². The summed E-state index contributed by atoms with van der Waals surface area (Å²) in [6.45, 7) is 1.81. The zero-order valence-electron chi connectivity index (χ0n) is 12.0. The highest BCUT2D eigenvalue weighted by Crippen LogP contribution is 2.26. The first-order valence-electron chi connectivity index (χ1n) is 6.83. The highest BCUT2D eigenvalue weighted by atomic mass is 35.5. The lowest BCUT2D eigenvalue weighted by molar-refractivity contribution is -0.120. The molecular formula is C14H17Cl2NO3S2. The Balaban J connectivity index is 1.82. The molecule has 1 aliphatic heterocycles. The Morgan fingerprint density at radius 3 is 2.73 bits per heavy atom. The van der Waals surface area contributed by atoms with Gasteiger partial charge in [-0.15, -0.1) is 11.8 Å². The minimum atomic E-state index is -2.98. The van der Waals surface area contributed by atoms with Crippen molar-refractivity contribution in [3.05, 3.63) is 33.8 Å². The van der Waals surface area contributed by atoms with E-state index in [2.05, 4.69) is 5.32 Å². The van der Waals surface area contributed by atoms with Crippen LogP contribution in [0.15, 0.2) is 18.2 Å². The van der Waals surface area contributed by atoms with Crippen molar-refractivity contribution in [2.75, 3.05) is 11.5 Å². The van der Waals surface area contributed by atoms with E-state index in [0.29, 0.717) is 22.2 Å². The number of rotatable bonds is 5. The number of thioether (sulfide) groups is 1. The van der Waals surface area contributed by atoms with Gasteiger partial charge in [0.15, 0.2) is 9.84 Å². The summed E-state index contributed by atoms with van der Waals surface area (Å²) in [6, 6.07) is 5.12. The van der Waals surface area contributed by atoms with E-state index in [1.54, 1.807) is 19.1 Å². The predicted octanol–water partition coefficient (Wildman–Crippen LogP) is 2.92. The van der Waals surface area contributed by atoms with E-state index in [1.165, 1.54) is 11.8 Å². The molecule has 8 heteroatoms. The van der Waals surface area contributed by atoms with Gasteiger partial charge in [0.05, 0.1) is 26.8 Å². The van der Waals surface area contributed by atoms with Crippen molar-refractivity contribution < 1.29 is 13.2 Å². The topological polar surface area (TPSA) is 63.2 Å². The minimum absolute atomic E-state index is 0.0446. The number of halogens is 2. The van der Waals surface area contributed by atoms with Gasteiger partial charge in [-0.1, -0.05) is 29.3 Å². The van der Waals surface area contributed by atoms with Gasteiger partial charge in [0.25, 0.3) is 0 Å². The van der Waals surface area contributed by atoms with Crippen molar-refractivity contribution in [2.45, 2.75) is 30.4 Å². The van der Waals surface area contributed by atoms with Crippen LogP contribution in [0.25, 0.3) is 0 Å². The number of benzene rings is 1. The van der Waals surface area contributed by atoms with Crippen LogP contribution in [0, 0.1) is 0 Å². The van der Waals surface area contributed by atoms with E-state index >= 15 is 0 Å². The molecule has 0 radical (unpaired) electrons. The van der Waals surface area contributed by atoms with Gasteiger partial charge in [0, 0.05) is 11.8 Å². The van der Waals surface area contributed by atoms with Crippen LogP contribution in [0.1, 0.15) is 18.9 Å². The highest BCUT2D eigenvalue weighted by Gasteiger charge is 2.29. The molecule has 1 amide bonds. The number of amides is 1. The maximum Gasteiger partial charge on any atom is 0.233 e. The van der Waals surface area contributed by atoms with Crippen molar-refractivity contribution in [1.82, 2.24) is 5.32 Å². The maximum atomic E-state index is 12.1. The van der Waals surface area contributed by atoms with Crippen LogP contribution in [0.4, 0.5) is 0 Å². The van der Waals surface area contributed by atoms with E-state index in [-0.39, 0.29) is 28.7 Å². The summed E-state index contributed by atoms with van der Waals surface area (Å²) in [5, 5.41) is 3.54. The Labute approximate surface area is 144 Å². The minimum Gasteiger partial charge on any atom is -0.351 e. The van der Waals surface area contributed by atoms with Gasteiger partial charge in [-0.05, 0) is 31.0 Å². The number of hydrogen-bond acceptors (Lipinski definition) is 4. The number of carbonyl (C=O) groups excluding carboxylic acids is 1. The van der Waals surface area contributed by atoms with Gasteiger partial charge >= 0.3 is 0 Å². The molecule has 1 fully saturated rings. The fourth-order valence-electron chi connectivity index (χ4n) is 2.15. The molecule has 1 heterocycles. The van der Waals surface area contributed by atoms with Crippen LogP contribution < -0.4 is 5.32 Å². The van der Waals surface area contributed by atoms with Crippen molar-refractivity contribution in [3.63, 3.8) is 0 Å². The van der Waals surface area contributed by atoms with E-state index in [0.717, 1.165) is 5.56 Å². The molecule has 0 aromatic heterocycles. The molecule has 0 aliphatic carbocycles. The molecule has 0 saturated carbocycles. The summed E-state index contributed by atoms with van der Waals surface area (Å²) < 4.78 is 22.8. The molecule has 1 aromatic carbocycles. The van der Waals surface area contributed by atoms with Gasteiger partial charge in [0.2, 0.25) is 5.91 Å². The Kier molecular flexibility index (Phi) is 6.05. The monoisotopic (exact) mass is 381 g/mol. The quantitative estimate of drug-likeness (QED) is 0.851. The molecule has 1 saturated heterocycles. The molecular weight excluding hydrogens is 365 g/mol. The second-order valence-electron chi connectivity index (χ2n) is 5.31. The molecule has 1 N–H and O–H groups in total. The zero-order chi connectivity index (χ0) is 16.3.